The molecule has 1 amide bonds. The molecule has 0 heterocycles. The van der Waals surface area contributed by atoms with Crippen LogP contribution in [0.2, 0.25) is 0 Å². The first-order valence-corrected chi connectivity index (χ1v) is 8.41. The molecule has 0 spiro atoms. The maximum Gasteiger partial charge on any atom is 0.261 e. The Kier molecular flexibility index (Phi) is 5.42. The van der Waals surface area contributed by atoms with Crippen molar-refractivity contribution in [2.24, 2.45) is 11.8 Å². The van der Waals surface area contributed by atoms with Crippen LogP contribution in [0.3, 0.4) is 0 Å². The maximum atomic E-state index is 12.0. The number of methoxy groups -OCH3 is 1. The summed E-state index contributed by atoms with van der Waals surface area (Å²) in [6.45, 7) is 5.66. The van der Waals surface area contributed by atoms with Crippen LogP contribution in [0.5, 0.6) is 5.75 Å². The molecule has 1 aromatic carbocycles. The molecule has 0 saturated carbocycles. The Morgan fingerprint density at radius 1 is 1.30 bits per heavy atom. The Hall–Kier alpha value is -1.27. The molecule has 0 aliphatic rings. The van der Waals surface area contributed by atoms with Crippen LogP contribution in [0.4, 0.5) is 5.69 Å². The van der Waals surface area contributed by atoms with Crippen molar-refractivity contribution in [2.45, 2.75) is 25.7 Å². The molecule has 0 saturated heterocycles. The standard InChI is InChI=1S/C13H18ClNO4S/c1-8(2)9(3)13(16)15-11-7-10(20(14,17)18)5-6-12(11)19-4/h5-9H,1-4H3,(H,15,16). The molecule has 5 nitrogen and oxygen atoms in total. The molecule has 112 valence electrons. The number of hydrogen-bond acceptors (Lipinski definition) is 4. The molecule has 0 radical (unpaired) electrons. The zero-order valence-corrected chi connectivity index (χ0v) is 13.4. The third-order valence-corrected chi connectivity index (χ3v) is 4.48. The Morgan fingerprint density at radius 2 is 1.90 bits per heavy atom. The molecule has 1 aromatic rings. The van der Waals surface area contributed by atoms with Gasteiger partial charge in [-0.25, -0.2) is 8.42 Å². The lowest BCUT2D eigenvalue weighted by molar-refractivity contribution is -0.120. The Balaban J connectivity index is 3.13. The van der Waals surface area contributed by atoms with Crippen molar-refractivity contribution in [1.29, 1.82) is 0 Å². The number of halogens is 1. The van der Waals surface area contributed by atoms with E-state index in [-0.39, 0.29) is 28.3 Å². The lowest BCUT2D eigenvalue weighted by Crippen LogP contribution is -2.24. The Bertz CT molecular complexity index is 598. The van der Waals surface area contributed by atoms with E-state index in [0.29, 0.717) is 5.75 Å². The number of amides is 1. The van der Waals surface area contributed by atoms with Gasteiger partial charge >= 0.3 is 0 Å². The van der Waals surface area contributed by atoms with Crippen LogP contribution in [0, 0.1) is 11.8 Å². The number of nitrogens with one attached hydrogen (secondary N) is 1. The van der Waals surface area contributed by atoms with Crippen molar-refractivity contribution in [3.8, 4) is 5.75 Å². The van der Waals surface area contributed by atoms with E-state index in [9.17, 15) is 13.2 Å². The van der Waals surface area contributed by atoms with Crippen molar-refractivity contribution in [2.75, 3.05) is 12.4 Å². The van der Waals surface area contributed by atoms with E-state index >= 15 is 0 Å². The fraction of sp³-hybridized carbons (Fsp3) is 0.462. The summed E-state index contributed by atoms with van der Waals surface area (Å²) in [5.74, 6) is 0.123. The normalized spacial score (nSPS) is 13.1. The summed E-state index contributed by atoms with van der Waals surface area (Å²) in [4.78, 5) is 11.9. The Morgan fingerprint density at radius 3 is 2.35 bits per heavy atom. The lowest BCUT2D eigenvalue weighted by Gasteiger charge is -2.17. The quantitative estimate of drug-likeness (QED) is 0.847. The van der Waals surface area contributed by atoms with E-state index in [1.165, 1.54) is 25.3 Å². The number of rotatable bonds is 5. The monoisotopic (exact) mass is 319 g/mol. The minimum atomic E-state index is -3.86. The van der Waals surface area contributed by atoms with E-state index < -0.39 is 9.05 Å². The molecule has 0 aliphatic heterocycles. The average Bonchev–Trinajstić information content (AvgIpc) is 2.36. The van der Waals surface area contributed by atoms with Crippen LogP contribution in [0.1, 0.15) is 20.8 Å². The van der Waals surface area contributed by atoms with Gasteiger partial charge in [0.05, 0.1) is 17.7 Å². The van der Waals surface area contributed by atoms with E-state index in [4.69, 9.17) is 15.4 Å². The minimum Gasteiger partial charge on any atom is -0.495 e. The molecule has 0 aromatic heterocycles. The van der Waals surface area contributed by atoms with E-state index in [1.807, 2.05) is 13.8 Å². The third-order valence-electron chi connectivity index (χ3n) is 3.12. The first kappa shape index (κ1) is 16.8. The van der Waals surface area contributed by atoms with Gasteiger partial charge in [-0.1, -0.05) is 20.8 Å². The largest absolute Gasteiger partial charge is 0.495 e. The van der Waals surface area contributed by atoms with E-state index in [2.05, 4.69) is 5.32 Å². The number of carbonyl (C=O) groups excluding carboxylic acids is 1. The summed E-state index contributed by atoms with van der Waals surface area (Å²) in [6.07, 6.45) is 0. The van der Waals surface area contributed by atoms with Crippen molar-refractivity contribution in [1.82, 2.24) is 0 Å². The smallest absolute Gasteiger partial charge is 0.261 e. The highest BCUT2D eigenvalue weighted by molar-refractivity contribution is 8.13. The van der Waals surface area contributed by atoms with Crippen LogP contribution in [-0.2, 0) is 13.8 Å². The van der Waals surface area contributed by atoms with Crippen LogP contribution in [0.15, 0.2) is 23.1 Å². The molecule has 7 heteroatoms. The van der Waals surface area contributed by atoms with Crippen molar-refractivity contribution in [3.63, 3.8) is 0 Å². The van der Waals surface area contributed by atoms with E-state index in [1.54, 1.807) is 6.92 Å². The van der Waals surface area contributed by atoms with Gasteiger partial charge in [0.25, 0.3) is 9.05 Å². The molecule has 1 unspecified atom stereocenters. The molecule has 1 rings (SSSR count). The molecule has 20 heavy (non-hydrogen) atoms. The van der Waals surface area contributed by atoms with Crippen molar-refractivity contribution < 1.29 is 17.9 Å². The maximum absolute atomic E-state index is 12.0. The second-order valence-electron chi connectivity index (χ2n) is 4.82. The predicted molar refractivity (Wildman–Crippen MR) is 78.7 cm³/mol. The molecule has 1 atom stereocenters. The lowest BCUT2D eigenvalue weighted by atomic mass is 9.97. The number of anilines is 1. The topological polar surface area (TPSA) is 72.5 Å². The fourth-order valence-corrected chi connectivity index (χ4v) is 2.26. The van der Waals surface area contributed by atoms with Gasteiger partial charge in [0.15, 0.2) is 0 Å². The van der Waals surface area contributed by atoms with Gasteiger partial charge < -0.3 is 10.1 Å². The Labute approximate surface area is 123 Å². The van der Waals surface area contributed by atoms with Crippen LogP contribution >= 0.6 is 10.7 Å². The molecular weight excluding hydrogens is 302 g/mol. The molecular formula is C13H18ClNO4S. The third kappa shape index (κ3) is 4.11. The van der Waals surface area contributed by atoms with Gasteiger partial charge in [-0.3, -0.25) is 4.79 Å². The van der Waals surface area contributed by atoms with Crippen LogP contribution < -0.4 is 10.1 Å². The minimum absolute atomic E-state index is 0.0903. The van der Waals surface area contributed by atoms with Gasteiger partial charge in [-0.15, -0.1) is 0 Å². The summed E-state index contributed by atoms with van der Waals surface area (Å²) in [5.41, 5.74) is 0.284. The van der Waals surface area contributed by atoms with Gasteiger partial charge in [0, 0.05) is 16.6 Å². The summed E-state index contributed by atoms with van der Waals surface area (Å²) >= 11 is 0. The molecule has 1 N–H and O–H groups in total. The summed E-state index contributed by atoms with van der Waals surface area (Å²) < 4.78 is 27.8. The SMILES string of the molecule is COc1ccc(S(=O)(=O)Cl)cc1NC(=O)C(C)C(C)C. The predicted octanol–water partition coefficient (Wildman–Crippen LogP) is 2.85. The van der Waals surface area contributed by atoms with Crippen molar-refractivity contribution in [3.05, 3.63) is 18.2 Å². The number of benzene rings is 1. The highest BCUT2D eigenvalue weighted by Gasteiger charge is 2.20. The number of carbonyl (C=O) groups is 1. The second-order valence-corrected chi connectivity index (χ2v) is 7.39. The van der Waals surface area contributed by atoms with Crippen LogP contribution in [-0.4, -0.2) is 21.4 Å². The van der Waals surface area contributed by atoms with Gasteiger partial charge in [0.1, 0.15) is 5.75 Å². The zero-order valence-electron chi connectivity index (χ0n) is 11.8. The average molecular weight is 320 g/mol. The number of ether oxygens (including phenoxy) is 1. The van der Waals surface area contributed by atoms with Gasteiger partial charge in [-0.05, 0) is 24.1 Å². The summed E-state index contributed by atoms with van der Waals surface area (Å²) in [5, 5.41) is 2.67. The van der Waals surface area contributed by atoms with Gasteiger partial charge in [0.2, 0.25) is 5.91 Å². The molecule has 0 bridgehead atoms. The molecule has 0 aliphatic carbocycles. The highest BCUT2D eigenvalue weighted by Crippen LogP contribution is 2.29. The number of hydrogen-bond donors (Lipinski definition) is 1. The summed E-state index contributed by atoms with van der Waals surface area (Å²) in [7, 11) is 2.87. The molecule has 0 fully saturated rings. The zero-order chi connectivity index (χ0) is 15.5. The first-order chi connectivity index (χ1) is 9.16. The van der Waals surface area contributed by atoms with Crippen LogP contribution in [0.25, 0.3) is 0 Å². The van der Waals surface area contributed by atoms with E-state index in [0.717, 1.165) is 0 Å². The van der Waals surface area contributed by atoms with Crippen molar-refractivity contribution >= 4 is 31.3 Å². The summed E-state index contributed by atoms with van der Waals surface area (Å²) in [6, 6.07) is 4.06. The second kappa shape index (κ2) is 6.45. The fourth-order valence-electron chi connectivity index (χ4n) is 1.49. The first-order valence-electron chi connectivity index (χ1n) is 6.10. The highest BCUT2D eigenvalue weighted by atomic mass is 35.7. The van der Waals surface area contributed by atoms with Gasteiger partial charge in [-0.2, -0.15) is 0 Å².